The van der Waals surface area contributed by atoms with E-state index >= 15 is 0 Å². The largest absolute Gasteiger partial charge is 0.493 e. The number of hydrogen-bond acceptors (Lipinski definition) is 7. The Morgan fingerprint density at radius 1 is 1.35 bits per heavy atom. The Kier molecular flexibility index (Phi) is 3.07. The van der Waals surface area contributed by atoms with Crippen LogP contribution in [0.25, 0.3) is 10.9 Å². The van der Waals surface area contributed by atoms with Crippen molar-refractivity contribution in [2.75, 3.05) is 51.6 Å². The van der Waals surface area contributed by atoms with Crippen molar-refractivity contribution in [3.63, 3.8) is 0 Å². The van der Waals surface area contributed by atoms with Crippen LogP contribution in [0.4, 0.5) is 15.9 Å². The number of morpholine rings is 1. The molecule has 1 aliphatic rings. The Bertz CT molecular complexity index is 1700. The van der Waals surface area contributed by atoms with Crippen molar-refractivity contribution in [2.45, 2.75) is 6.37 Å². The monoisotopic (exact) mass is 462 g/mol. The summed E-state index contributed by atoms with van der Waals surface area (Å²) in [4.78, 5) is 7.94. The van der Waals surface area contributed by atoms with Crippen molar-refractivity contribution in [3.05, 3.63) is 47.4 Å². The van der Waals surface area contributed by atoms with Crippen LogP contribution in [0.2, 0.25) is 5.02 Å². The van der Waals surface area contributed by atoms with Gasteiger partial charge in [-0.2, -0.15) is 0 Å². The minimum Gasteiger partial charge on any atom is -0.493 e. The molecule has 1 aromatic heterocycles. The third kappa shape index (κ3) is 5.33. The fraction of sp³-hybridized carbons (Fsp3) is 0.364. The summed E-state index contributed by atoms with van der Waals surface area (Å²) in [7, 11) is -3.37. The molecule has 3 aromatic rings. The number of benzene rings is 2. The van der Waals surface area contributed by atoms with Gasteiger partial charge in [-0.3, -0.25) is 4.90 Å². The Morgan fingerprint density at radius 2 is 2.23 bits per heavy atom. The Hall–Kier alpha value is -2.68. The van der Waals surface area contributed by atoms with Gasteiger partial charge in [0.15, 0.2) is 11.5 Å². The van der Waals surface area contributed by atoms with Crippen LogP contribution in [-0.2, 0) is 4.74 Å². The van der Waals surface area contributed by atoms with Crippen molar-refractivity contribution in [1.29, 1.82) is 0 Å². The summed E-state index contributed by atoms with van der Waals surface area (Å²) in [6.07, 6.45) is -4.61. The van der Waals surface area contributed by atoms with Crippen LogP contribution < -0.4 is 14.8 Å². The van der Waals surface area contributed by atoms with Gasteiger partial charge in [-0.15, -0.1) is 0 Å². The number of rotatable bonds is 8. The first-order valence-electron chi connectivity index (χ1n) is 16.5. The number of fused-ring (bicyclic) bond motifs is 1. The van der Waals surface area contributed by atoms with E-state index in [1.54, 1.807) is 0 Å². The number of hydrogen-bond donors (Lipinski definition) is 1. The zero-order chi connectivity index (χ0) is 35.7. The maximum atomic E-state index is 13.8. The Balaban J connectivity index is 1.90. The molecule has 9 heteroatoms. The van der Waals surface area contributed by atoms with Gasteiger partial charge in [0.05, 0.1) is 52.3 Å². The average Bonchev–Trinajstić information content (AvgIpc) is 2.88. The van der Waals surface area contributed by atoms with Crippen LogP contribution in [0.3, 0.4) is 0 Å². The maximum absolute atomic E-state index is 13.8. The maximum Gasteiger partial charge on any atom is 0.162 e. The number of methoxy groups -OCH3 is 1. The summed E-state index contributed by atoms with van der Waals surface area (Å²) in [6, 6.07) is 1.28. The lowest BCUT2D eigenvalue weighted by Crippen LogP contribution is -2.37. The van der Waals surface area contributed by atoms with E-state index in [0.29, 0.717) is 4.90 Å². The van der Waals surface area contributed by atoms with Crippen molar-refractivity contribution >= 4 is 34.0 Å². The molecule has 31 heavy (non-hydrogen) atoms. The van der Waals surface area contributed by atoms with E-state index in [2.05, 4.69) is 20.0 Å². The first-order valence-corrected chi connectivity index (χ1v) is 8.93. The molecule has 2 aromatic carbocycles. The second-order valence-electron chi connectivity index (χ2n) is 5.85. The van der Waals surface area contributed by atoms with Crippen LogP contribution in [0.5, 0.6) is 11.5 Å². The number of nitrogens with one attached hydrogen (secondary N) is 1. The summed E-state index contributed by atoms with van der Waals surface area (Å²) < 4.78 is 158. The minimum absolute atomic E-state index is 0.0529. The molecule has 0 saturated carbocycles. The highest BCUT2D eigenvalue weighted by molar-refractivity contribution is 6.31. The zero-order valence-electron chi connectivity index (χ0n) is 31.5. The van der Waals surface area contributed by atoms with E-state index < -0.39 is 105 Å². The molecule has 0 aliphatic carbocycles. The molecule has 1 aliphatic heterocycles. The Morgan fingerprint density at radius 3 is 3.03 bits per heavy atom. The van der Waals surface area contributed by atoms with E-state index in [-0.39, 0.29) is 10.7 Å². The Labute approximate surface area is 207 Å². The fourth-order valence-electron chi connectivity index (χ4n) is 2.42. The number of anilines is 2. The van der Waals surface area contributed by atoms with Crippen molar-refractivity contribution < 1.29 is 40.5 Å². The van der Waals surface area contributed by atoms with E-state index in [1.807, 2.05) is 0 Å². The van der Waals surface area contributed by atoms with Crippen LogP contribution >= 0.6 is 11.6 Å². The molecular formula is C22H24ClFN4O3. The number of halogens is 2. The molecule has 0 unspecified atom stereocenters. The molecule has 0 bridgehead atoms. The quantitative estimate of drug-likeness (QED) is 0.536. The molecule has 0 amide bonds. The van der Waals surface area contributed by atoms with Gasteiger partial charge in [-0.1, -0.05) is 11.6 Å². The molecular weight excluding hydrogens is 423 g/mol. The first-order chi connectivity index (χ1) is 21.2. The molecule has 7 nitrogen and oxygen atoms in total. The van der Waals surface area contributed by atoms with Gasteiger partial charge in [-0.05, 0) is 30.6 Å². The predicted octanol–water partition coefficient (Wildman–Crippen LogP) is 4.28. The van der Waals surface area contributed by atoms with Crippen molar-refractivity contribution in [3.8, 4) is 11.5 Å². The third-order valence-electron chi connectivity index (χ3n) is 3.83. The smallest absolute Gasteiger partial charge is 0.162 e. The molecule has 1 N–H and O–H groups in total. The number of nitrogens with zero attached hydrogens (tertiary/aromatic N) is 3. The standard InChI is InChI=1S/C22H24ClFN4O3/c1-29-20-13-19-16(12-21(20)31-8-2-5-28-6-9-30-10-7-28)22(26-14-25-19)27-15-3-4-18(24)17(23)11-15/h3-4,11-14H,2,5-10H2,1H3,(H,25,26,27)/i1D3,2D2,5D2,8D2,9D2,10D2,12D,13D,14D. The van der Waals surface area contributed by atoms with Crippen LogP contribution in [0.15, 0.2) is 36.6 Å². The lowest BCUT2D eigenvalue weighted by atomic mass is 10.2. The second-order valence-corrected chi connectivity index (χ2v) is 6.25. The molecule has 164 valence electrons. The molecule has 0 spiro atoms. The highest BCUT2D eigenvalue weighted by atomic mass is 35.5. The second kappa shape index (κ2) is 10.1. The van der Waals surface area contributed by atoms with Gasteiger partial charge < -0.3 is 19.5 Å². The van der Waals surface area contributed by atoms with Crippen LogP contribution in [0, 0.1) is 5.82 Å². The lowest BCUT2D eigenvalue weighted by Gasteiger charge is -2.26. The van der Waals surface area contributed by atoms with Gasteiger partial charge in [0, 0.05) is 42.2 Å². The van der Waals surface area contributed by atoms with E-state index in [0.717, 1.165) is 12.1 Å². The van der Waals surface area contributed by atoms with Crippen LogP contribution in [0.1, 0.15) is 28.3 Å². The zero-order valence-corrected chi connectivity index (χ0v) is 16.2. The average molecular weight is 463 g/mol. The minimum atomic E-state index is -3.90. The van der Waals surface area contributed by atoms with E-state index in [9.17, 15) is 4.39 Å². The topological polar surface area (TPSA) is 68.7 Å². The third-order valence-corrected chi connectivity index (χ3v) is 4.12. The van der Waals surface area contributed by atoms with Gasteiger partial charge >= 0.3 is 0 Å². The van der Waals surface area contributed by atoms with Crippen LogP contribution in [-0.4, -0.2) is 61.2 Å². The lowest BCUT2D eigenvalue weighted by molar-refractivity contribution is 0.0357. The molecule has 2 heterocycles. The molecule has 0 atom stereocenters. The molecule has 4 rings (SSSR count). The summed E-state index contributed by atoms with van der Waals surface area (Å²) in [5.41, 5.74) is -0.522. The molecule has 1 saturated heterocycles. The number of ether oxygens (including phenoxy) is 3. The van der Waals surface area contributed by atoms with Gasteiger partial charge in [0.25, 0.3) is 0 Å². The van der Waals surface area contributed by atoms with Gasteiger partial charge in [0.2, 0.25) is 0 Å². The fourth-order valence-corrected chi connectivity index (χ4v) is 2.60. The van der Waals surface area contributed by atoms with E-state index in [4.69, 9.17) is 43.0 Å². The van der Waals surface area contributed by atoms with E-state index in [1.165, 1.54) is 6.07 Å². The highest BCUT2D eigenvalue weighted by Gasteiger charge is 2.14. The predicted molar refractivity (Wildman–Crippen MR) is 118 cm³/mol. The van der Waals surface area contributed by atoms with Crippen molar-refractivity contribution in [1.82, 2.24) is 14.9 Å². The van der Waals surface area contributed by atoms with Gasteiger partial charge in [-0.25, -0.2) is 14.4 Å². The van der Waals surface area contributed by atoms with Gasteiger partial charge in [0.1, 0.15) is 19.3 Å². The highest BCUT2D eigenvalue weighted by Crippen LogP contribution is 2.35. The summed E-state index contributed by atoms with van der Waals surface area (Å²) >= 11 is 5.83. The first kappa shape index (κ1) is 9.44. The summed E-state index contributed by atoms with van der Waals surface area (Å²) in [5.74, 6) is -3.60. The molecule has 1 fully saturated rings. The normalized spacial score (nSPS) is 27.2. The SMILES string of the molecule is [2H]c1nc(Nc2ccc(F)c(Cl)c2)c2c([2H])c(OC([2H])([2H])C([2H])([2H])C([2H])([2H])N3CC([2H])([2H])OC([2H])([2H])C3)c(OC([2H])([2H])[2H])c([2H])c2n1. The van der Waals surface area contributed by atoms with Crippen molar-refractivity contribution in [2.24, 2.45) is 0 Å². The summed E-state index contributed by atoms with van der Waals surface area (Å²) in [6.45, 7) is -15.2. The number of aromatic nitrogens is 2. The summed E-state index contributed by atoms with van der Waals surface area (Å²) in [5, 5.41) is 1.80. The molecule has 0 radical (unpaired) electrons.